The second kappa shape index (κ2) is 4.76. The number of nitrogens with zero attached hydrogens (tertiary/aromatic N) is 4. The Balaban J connectivity index is 0.00000112. The number of hydrogen-bond donors (Lipinski definition) is 1. The summed E-state index contributed by atoms with van der Waals surface area (Å²) >= 11 is 0. The van der Waals surface area contributed by atoms with Crippen LogP contribution in [-0.4, -0.2) is 25.4 Å². The van der Waals surface area contributed by atoms with Gasteiger partial charge in [-0.3, -0.25) is 14.8 Å². The molecule has 0 saturated heterocycles. The van der Waals surface area contributed by atoms with E-state index in [-0.39, 0.29) is 38.6 Å². The number of amides is 1. The molecule has 0 aliphatic heterocycles. The number of H-pyrrole nitrogens is 1. The molecule has 0 aliphatic carbocycles. The second-order valence-electron chi connectivity index (χ2n) is 2.86. The van der Waals surface area contributed by atoms with Crippen LogP contribution in [0.25, 0.3) is 11.2 Å². The zero-order valence-electron chi connectivity index (χ0n) is 8.35. The van der Waals surface area contributed by atoms with Crippen molar-refractivity contribution >= 4 is 17.1 Å². The summed E-state index contributed by atoms with van der Waals surface area (Å²) in [7, 11) is 1.83. The largest absolute Gasteiger partial charge is 3.00 e. The molecule has 0 aliphatic rings. The Morgan fingerprint density at radius 3 is 3.07 bits per heavy atom. The van der Waals surface area contributed by atoms with Gasteiger partial charge in [-0.2, -0.15) is 0 Å². The molecule has 0 atom stereocenters. The normalized spacial score (nSPS) is 11.5. The minimum atomic E-state index is -0.302. The number of aryl methyl sites for hydroxylation is 1. The van der Waals surface area contributed by atoms with E-state index in [1.807, 2.05) is 7.05 Å². The standard InChI is InChI=1S/C8H8N5O.Y/c1-5(14)12-7-6-8(10-3-9-7)13(2)4-11-6;/h4H,1-2H3,(H,9,10,12,14);/q-1;+3. The molecule has 2 heterocycles. The Kier molecular flexibility index (Phi) is 3.87. The summed E-state index contributed by atoms with van der Waals surface area (Å²) in [5.74, 6) is -0.302. The van der Waals surface area contributed by atoms with E-state index >= 15 is 0 Å². The zero-order valence-corrected chi connectivity index (χ0v) is 11.2. The van der Waals surface area contributed by atoms with E-state index in [1.54, 1.807) is 10.9 Å². The van der Waals surface area contributed by atoms with Gasteiger partial charge in [0.15, 0.2) is 0 Å². The van der Waals surface area contributed by atoms with E-state index in [1.165, 1.54) is 6.92 Å². The van der Waals surface area contributed by atoms with E-state index in [0.29, 0.717) is 11.0 Å². The number of aromatic nitrogens is 4. The molecule has 2 aromatic heterocycles. The average Bonchev–Trinajstić information content (AvgIpc) is 2.49. The van der Waals surface area contributed by atoms with Crippen LogP contribution in [0.5, 0.6) is 0 Å². The zero-order chi connectivity index (χ0) is 10.1. The maximum absolute atomic E-state index is 10.8. The smallest absolute Gasteiger partial charge is 0.438 e. The van der Waals surface area contributed by atoms with E-state index in [0.717, 1.165) is 5.65 Å². The first-order valence-electron chi connectivity index (χ1n) is 4.01. The molecule has 0 aromatic carbocycles. The van der Waals surface area contributed by atoms with Gasteiger partial charge in [-0.1, -0.05) is 0 Å². The van der Waals surface area contributed by atoms with Crippen molar-refractivity contribution in [1.29, 1.82) is 0 Å². The molecule has 0 bridgehead atoms. The maximum Gasteiger partial charge on any atom is 3.00 e. The SMILES string of the molecule is CC(=O)N=c1n[c-][nH]c2c1ncn2C.[Y+3]. The Hall–Kier alpha value is -0.876. The average molecular weight is 279 g/mol. The van der Waals surface area contributed by atoms with Crippen molar-refractivity contribution in [2.24, 2.45) is 12.0 Å². The monoisotopic (exact) mass is 279 g/mol. The Labute approximate surface area is 111 Å². The molecule has 1 N–H and O–H groups in total. The van der Waals surface area contributed by atoms with Crippen LogP contribution in [0.2, 0.25) is 0 Å². The Bertz CT molecular complexity index is 555. The first kappa shape index (κ1) is 12.2. The summed E-state index contributed by atoms with van der Waals surface area (Å²) < 4.78 is 1.77. The van der Waals surface area contributed by atoms with Gasteiger partial charge in [-0.05, 0) is 0 Å². The number of aromatic amines is 1. The van der Waals surface area contributed by atoms with Crippen molar-refractivity contribution < 1.29 is 37.5 Å². The van der Waals surface area contributed by atoms with Crippen LogP contribution in [0.15, 0.2) is 11.3 Å². The van der Waals surface area contributed by atoms with Crippen molar-refractivity contribution in [3.05, 3.63) is 18.1 Å². The molecule has 6 nitrogen and oxygen atoms in total. The third-order valence-electron chi connectivity index (χ3n) is 1.75. The van der Waals surface area contributed by atoms with Gasteiger partial charge >= 0.3 is 32.7 Å². The van der Waals surface area contributed by atoms with Crippen LogP contribution < -0.4 is 5.49 Å². The topological polar surface area (TPSA) is 75.9 Å². The number of imidazole rings is 1. The number of rotatable bonds is 0. The van der Waals surface area contributed by atoms with Crippen LogP contribution in [0, 0.1) is 6.33 Å². The predicted octanol–water partition coefficient (Wildman–Crippen LogP) is -0.459. The quantitative estimate of drug-likeness (QED) is 0.663. The molecular formula is C8H8N5OY+2. The summed E-state index contributed by atoms with van der Waals surface area (Å²) in [6, 6.07) is 0. The molecule has 0 radical (unpaired) electrons. The molecule has 7 heteroatoms. The third kappa shape index (κ3) is 2.38. The van der Waals surface area contributed by atoms with Crippen molar-refractivity contribution in [3.8, 4) is 0 Å². The van der Waals surface area contributed by atoms with Crippen molar-refractivity contribution in [2.75, 3.05) is 0 Å². The molecule has 2 rings (SSSR count). The van der Waals surface area contributed by atoms with Crippen molar-refractivity contribution in [1.82, 2.24) is 19.5 Å². The number of fused-ring (bicyclic) bond motifs is 1. The van der Waals surface area contributed by atoms with Gasteiger partial charge in [-0.25, -0.2) is 0 Å². The van der Waals surface area contributed by atoms with Gasteiger partial charge in [0, 0.05) is 31.5 Å². The third-order valence-corrected chi connectivity index (χ3v) is 1.75. The van der Waals surface area contributed by atoms with Gasteiger partial charge in [0.25, 0.3) is 0 Å². The first-order chi connectivity index (χ1) is 6.68. The van der Waals surface area contributed by atoms with E-state index in [9.17, 15) is 4.79 Å². The van der Waals surface area contributed by atoms with E-state index in [2.05, 4.69) is 26.3 Å². The molecule has 0 unspecified atom stereocenters. The Morgan fingerprint density at radius 2 is 2.40 bits per heavy atom. The molecule has 15 heavy (non-hydrogen) atoms. The van der Waals surface area contributed by atoms with Gasteiger partial charge in [0.1, 0.15) is 0 Å². The molecule has 72 valence electrons. The van der Waals surface area contributed by atoms with Gasteiger partial charge in [0.05, 0.1) is 11.8 Å². The molecule has 1 amide bonds. The van der Waals surface area contributed by atoms with Crippen LogP contribution in [-0.2, 0) is 44.6 Å². The van der Waals surface area contributed by atoms with Crippen LogP contribution in [0.1, 0.15) is 6.92 Å². The fourth-order valence-electron chi connectivity index (χ4n) is 1.16. The molecule has 0 fully saturated rings. The molecule has 0 saturated carbocycles. The minimum Gasteiger partial charge on any atom is -0.438 e. The summed E-state index contributed by atoms with van der Waals surface area (Å²) in [4.78, 5) is 25.2. The summed E-state index contributed by atoms with van der Waals surface area (Å²) in [5, 5.41) is 0. The van der Waals surface area contributed by atoms with Crippen LogP contribution >= 0.6 is 0 Å². The summed E-state index contributed by atoms with van der Waals surface area (Å²) in [6.45, 7) is 1.37. The number of nitrogens with one attached hydrogen (secondary N) is 1. The van der Waals surface area contributed by atoms with Crippen LogP contribution in [0.4, 0.5) is 0 Å². The number of hydrogen-bond acceptors (Lipinski definition) is 3. The number of carbonyl (C=O) groups is 1. The molecule has 2 aromatic rings. The van der Waals surface area contributed by atoms with E-state index in [4.69, 9.17) is 0 Å². The minimum absolute atomic E-state index is 0. The Morgan fingerprint density at radius 1 is 1.67 bits per heavy atom. The molecular weight excluding hydrogens is 271 g/mol. The fourth-order valence-corrected chi connectivity index (χ4v) is 1.16. The number of carbonyl (C=O) groups excluding carboxylic acids is 1. The molecule has 0 spiro atoms. The second-order valence-corrected chi connectivity index (χ2v) is 2.86. The van der Waals surface area contributed by atoms with Crippen molar-refractivity contribution in [2.45, 2.75) is 6.92 Å². The predicted molar refractivity (Wildman–Crippen MR) is 47.9 cm³/mol. The van der Waals surface area contributed by atoms with Gasteiger partial charge in [-0.15, -0.1) is 0 Å². The maximum atomic E-state index is 10.8. The first-order valence-corrected chi connectivity index (χ1v) is 4.01. The van der Waals surface area contributed by atoms with Crippen molar-refractivity contribution in [3.63, 3.8) is 0 Å². The summed E-state index contributed by atoms with van der Waals surface area (Å²) in [5.41, 5.74) is 1.60. The van der Waals surface area contributed by atoms with Crippen LogP contribution in [0.3, 0.4) is 0 Å². The van der Waals surface area contributed by atoms with Gasteiger partial charge < -0.3 is 14.5 Å². The fraction of sp³-hybridized carbons (Fsp3) is 0.250. The summed E-state index contributed by atoms with van der Waals surface area (Å²) in [6.07, 6.45) is 4.18. The van der Waals surface area contributed by atoms with E-state index < -0.39 is 0 Å². The van der Waals surface area contributed by atoms with Gasteiger partial charge in [0.2, 0.25) is 5.91 Å².